The Morgan fingerprint density at radius 2 is 2.00 bits per heavy atom. The minimum atomic E-state index is -1.19. The molecule has 1 amide bonds. The highest BCUT2D eigenvalue weighted by molar-refractivity contribution is 5.90. The first-order chi connectivity index (χ1) is 6.90. The van der Waals surface area contributed by atoms with E-state index in [0.29, 0.717) is 6.42 Å². The Labute approximate surface area is 87.7 Å². The minimum Gasteiger partial charge on any atom is -0.449 e. The topological polar surface area (TPSA) is 87.1 Å². The highest BCUT2D eigenvalue weighted by Crippen LogP contribution is 2.07. The lowest BCUT2D eigenvalue weighted by Crippen LogP contribution is -2.37. The van der Waals surface area contributed by atoms with Gasteiger partial charge in [0.15, 0.2) is 6.10 Å². The number of hydrogen-bond acceptors (Lipinski definition) is 5. The lowest BCUT2D eigenvalue weighted by molar-refractivity contribution is -0.290. The van der Waals surface area contributed by atoms with Crippen LogP contribution in [-0.4, -0.2) is 33.6 Å². The van der Waals surface area contributed by atoms with Crippen molar-refractivity contribution in [2.75, 3.05) is 0 Å². The van der Waals surface area contributed by atoms with Crippen LogP contribution in [0.25, 0.3) is 0 Å². The molecule has 0 aromatic rings. The minimum absolute atomic E-state index is 0.145. The standard InChI is InChI=1S/C9H15NO5/c1-4-5-7(8(11)10(13)14)15-9(12)6(2)3/h7,13-14H,2,4-5H2,1,3H3. The van der Waals surface area contributed by atoms with Gasteiger partial charge in [0.25, 0.3) is 0 Å². The van der Waals surface area contributed by atoms with Crippen molar-refractivity contribution in [1.29, 1.82) is 0 Å². The number of nitrogens with zero attached hydrogens (tertiary/aromatic N) is 1. The average molecular weight is 217 g/mol. The third-order valence-electron chi connectivity index (χ3n) is 1.62. The van der Waals surface area contributed by atoms with E-state index >= 15 is 0 Å². The maximum absolute atomic E-state index is 11.1. The predicted molar refractivity (Wildman–Crippen MR) is 50.0 cm³/mol. The van der Waals surface area contributed by atoms with E-state index in [4.69, 9.17) is 15.2 Å². The Bertz CT molecular complexity index is 261. The molecule has 0 aliphatic carbocycles. The fraction of sp³-hybridized carbons (Fsp3) is 0.556. The largest absolute Gasteiger partial charge is 0.449 e. The van der Waals surface area contributed by atoms with Gasteiger partial charge in [0, 0.05) is 5.57 Å². The number of hydrogen-bond donors (Lipinski definition) is 2. The lowest BCUT2D eigenvalue weighted by Gasteiger charge is -2.17. The van der Waals surface area contributed by atoms with Crippen LogP contribution in [0.5, 0.6) is 0 Å². The molecule has 6 heteroatoms. The number of amides is 1. The second kappa shape index (κ2) is 6.15. The van der Waals surface area contributed by atoms with Gasteiger partial charge in [0.2, 0.25) is 0 Å². The highest BCUT2D eigenvalue weighted by Gasteiger charge is 2.26. The molecule has 1 atom stereocenters. The second-order valence-corrected chi connectivity index (χ2v) is 3.09. The second-order valence-electron chi connectivity index (χ2n) is 3.09. The number of ether oxygens (including phenoxy) is 1. The third kappa shape index (κ3) is 4.57. The molecule has 0 saturated heterocycles. The van der Waals surface area contributed by atoms with Crippen molar-refractivity contribution in [2.24, 2.45) is 0 Å². The van der Waals surface area contributed by atoms with E-state index in [2.05, 4.69) is 6.58 Å². The molecule has 0 aromatic heterocycles. The van der Waals surface area contributed by atoms with Crippen LogP contribution in [-0.2, 0) is 14.3 Å². The molecular weight excluding hydrogens is 202 g/mol. The van der Waals surface area contributed by atoms with Gasteiger partial charge in [0.1, 0.15) is 0 Å². The molecule has 86 valence electrons. The van der Waals surface area contributed by atoms with Gasteiger partial charge < -0.3 is 4.74 Å². The molecule has 0 aromatic carbocycles. The van der Waals surface area contributed by atoms with Gasteiger partial charge >= 0.3 is 11.9 Å². The molecule has 1 unspecified atom stereocenters. The summed E-state index contributed by atoms with van der Waals surface area (Å²) in [7, 11) is 0. The first kappa shape index (κ1) is 13.6. The van der Waals surface area contributed by atoms with Crippen molar-refractivity contribution in [2.45, 2.75) is 32.8 Å². The summed E-state index contributed by atoms with van der Waals surface area (Å²) in [6.07, 6.45) is -0.405. The first-order valence-corrected chi connectivity index (χ1v) is 4.48. The molecule has 0 fully saturated rings. The Balaban J connectivity index is 4.47. The molecule has 0 saturated carbocycles. The molecule has 15 heavy (non-hydrogen) atoms. The molecule has 0 heterocycles. The molecule has 0 rings (SSSR count). The number of carbonyl (C=O) groups excluding carboxylic acids is 2. The maximum atomic E-state index is 11.1. The summed E-state index contributed by atoms with van der Waals surface area (Å²) in [5.41, 5.74) is 0.145. The van der Waals surface area contributed by atoms with E-state index in [1.165, 1.54) is 6.92 Å². The van der Waals surface area contributed by atoms with Gasteiger partial charge in [-0.1, -0.05) is 25.2 Å². The van der Waals surface area contributed by atoms with Crippen LogP contribution in [0.1, 0.15) is 26.7 Å². The van der Waals surface area contributed by atoms with E-state index in [1.807, 2.05) is 0 Å². The SMILES string of the molecule is C=C(C)C(=O)OC(CCC)C(=O)N(O)O. The quantitative estimate of drug-likeness (QED) is 0.309. The molecule has 0 bridgehead atoms. The van der Waals surface area contributed by atoms with Crippen molar-refractivity contribution in [3.63, 3.8) is 0 Å². The van der Waals surface area contributed by atoms with Gasteiger partial charge in [0.05, 0.1) is 0 Å². The van der Waals surface area contributed by atoms with Gasteiger partial charge in [-0.2, -0.15) is 0 Å². The van der Waals surface area contributed by atoms with E-state index in [1.54, 1.807) is 6.92 Å². The molecule has 2 N–H and O–H groups in total. The Morgan fingerprint density at radius 1 is 1.47 bits per heavy atom. The first-order valence-electron chi connectivity index (χ1n) is 4.48. The van der Waals surface area contributed by atoms with Crippen LogP contribution < -0.4 is 0 Å². The van der Waals surface area contributed by atoms with Crippen LogP contribution >= 0.6 is 0 Å². The number of rotatable bonds is 5. The van der Waals surface area contributed by atoms with Crippen LogP contribution in [0.3, 0.4) is 0 Å². The van der Waals surface area contributed by atoms with E-state index in [0.717, 1.165) is 0 Å². The summed E-state index contributed by atoms with van der Waals surface area (Å²) >= 11 is 0. The van der Waals surface area contributed by atoms with Crippen molar-refractivity contribution in [1.82, 2.24) is 5.23 Å². The number of esters is 1. The zero-order chi connectivity index (χ0) is 12.0. The fourth-order valence-corrected chi connectivity index (χ4v) is 0.854. The molecule has 0 spiro atoms. The Hall–Kier alpha value is -1.40. The Kier molecular flexibility index (Phi) is 5.58. The summed E-state index contributed by atoms with van der Waals surface area (Å²) in [5, 5.41) is 16.4. The van der Waals surface area contributed by atoms with Crippen molar-refractivity contribution in [3.8, 4) is 0 Å². The molecule has 0 aliphatic heterocycles. The van der Waals surface area contributed by atoms with Crippen molar-refractivity contribution < 1.29 is 24.7 Å². The maximum Gasteiger partial charge on any atom is 0.333 e. The van der Waals surface area contributed by atoms with Crippen LogP contribution in [0.4, 0.5) is 0 Å². The Morgan fingerprint density at radius 3 is 2.33 bits per heavy atom. The van der Waals surface area contributed by atoms with Gasteiger partial charge in [-0.05, 0) is 13.3 Å². The smallest absolute Gasteiger partial charge is 0.333 e. The van der Waals surface area contributed by atoms with Crippen LogP contribution in [0, 0.1) is 0 Å². The number of hydroxylamine groups is 2. The van der Waals surface area contributed by atoms with Crippen molar-refractivity contribution >= 4 is 11.9 Å². The highest BCUT2D eigenvalue weighted by atomic mass is 16.8. The van der Waals surface area contributed by atoms with Crippen molar-refractivity contribution in [3.05, 3.63) is 12.2 Å². The average Bonchev–Trinajstić information content (AvgIpc) is 2.15. The molecular formula is C9H15NO5. The van der Waals surface area contributed by atoms with Gasteiger partial charge in [-0.25, -0.2) is 4.79 Å². The fourth-order valence-electron chi connectivity index (χ4n) is 0.854. The van der Waals surface area contributed by atoms with Crippen LogP contribution in [0.15, 0.2) is 12.2 Å². The predicted octanol–water partition coefficient (Wildman–Crippen LogP) is 0.881. The van der Waals surface area contributed by atoms with E-state index in [9.17, 15) is 9.59 Å². The summed E-state index contributed by atoms with van der Waals surface area (Å²) in [5.74, 6) is -1.81. The zero-order valence-corrected chi connectivity index (χ0v) is 8.77. The zero-order valence-electron chi connectivity index (χ0n) is 8.77. The van der Waals surface area contributed by atoms with Gasteiger partial charge in [-0.3, -0.25) is 15.2 Å². The lowest BCUT2D eigenvalue weighted by atomic mass is 10.2. The summed E-state index contributed by atoms with van der Waals surface area (Å²) in [6.45, 7) is 6.56. The molecule has 0 radical (unpaired) electrons. The van der Waals surface area contributed by atoms with E-state index < -0.39 is 23.2 Å². The summed E-state index contributed by atoms with van der Waals surface area (Å²) in [6, 6.07) is 0. The normalized spacial score (nSPS) is 11.7. The van der Waals surface area contributed by atoms with Crippen LogP contribution in [0.2, 0.25) is 0 Å². The summed E-state index contributed by atoms with van der Waals surface area (Å²) < 4.78 is 4.73. The monoisotopic (exact) mass is 217 g/mol. The van der Waals surface area contributed by atoms with E-state index in [-0.39, 0.29) is 12.0 Å². The molecule has 6 nitrogen and oxygen atoms in total. The summed E-state index contributed by atoms with van der Waals surface area (Å²) in [4.78, 5) is 22.2. The van der Waals surface area contributed by atoms with Gasteiger partial charge in [-0.15, -0.1) is 0 Å². The third-order valence-corrected chi connectivity index (χ3v) is 1.62. The number of carbonyl (C=O) groups is 2. The molecule has 0 aliphatic rings.